The summed E-state index contributed by atoms with van der Waals surface area (Å²) >= 11 is 0. The van der Waals surface area contributed by atoms with E-state index in [2.05, 4.69) is 16.0 Å². The Kier molecular flexibility index (Phi) is 11.0. The summed E-state index contributed by atoms with van der Waals surface area (Å²) in [4.78, 5) is 52.8. The van der Waals surface area contributed by atoms with Crippen LogP contribution in [-0.4, -0.2) is 72.3 Å². The third-order valence-corrected chi connectivity index (χ3v) is 6.16. The molecule has 1 aliphatic rings. The molecule has 1 aromatic rings. The van der Waals surface area contributed by atoms with Gasteiger partial charge in [-0.05, 0) is 55.9 Å². The number of amides is 3. The molecule has 1 unspecified atom stereocenters. The number of carbonyl (C=O) groups excluding carboxylic acids is 4. The van der Waals surface area contributed by atoms with E-state index in [1.165, 1.54) is 29.2 Å². The van der Waals surface area contributed by atoms with Crippen LogP contribution in [0.3, 0.4) is 0 Å². The number of hydrogen-bond donors (Lipinski definition) is 5. The molecule has 0 spiro atoms. The van der Waals surface area contributed by atoms with Gasteiger partial charge in [-0.25, -0.2) is 4.39 Å². The number of carbonyl (C=O) groups is 4. The second-order valence-electron chi connectivity index (χ2n) is 9.22. The van der Waals surface area contributed by atoms with Gasteiger partial charge < -0.3 is 26.6 Å². The van der Waals surface area contributed by atoms with Crippen LogP contribution in [0.1, 0.15) is 55.5 Å². The number of guanidine groups is 1. The van der Waals surface area contributed by atoms with Gasteiger partial charge in [-0.2, -0.15) is 5.26 Å². The average molecular weight is 516 g/mol. The van der Waals surface area contributed by atoms with Crippen LogP contribution in [-0.2, 0) is 14.4 Å². The lowest BCUT2D eigenvalue weighted by atomic mass is 10.0. The van der Waals surface area contributed by atoms with Crippen LogP contribution in [0.5, 0.6) is 0 Å². The van der Waals surface area contributed by atoms with Crippen molar-refractivity contribution >= 4 is 29.5 Å². The molecule has 1 heterocycles. The minimum absolute atomic E-state index is 0.144. The lowest BCUT2D eigenvalue weighted by molar-refractivity contribution is -0.141. The van der Waals surface area contributed by atoms with Crippen molar-refractivity contribution in [2.45, 2.75) is 57.7 Å². The van der Waals surface area contributed by atoms with Crippen molar-refractivity contribution in [3.05, 3.63) is 35.4 Å². The molecule has 11 nitrogen and oxygen atoms in total. The highest BCUT2D eigenvalue weighted by molar-refractivity contribution is 5.99. The number of rotatable bonds is 12. The molecule has 1 fully saturated rings. The molecule has 0 aliphatic carbocycles. The molecule has 0 saturated carbocycles. The van der Waals surface area contributed by atoms with Crippen molar-refractivity contribution in [3.8, 4) is 6.07 Å². The highest BCUT2D eigenvalue weighted by Gasteiger charge is 2.39. The average Bonchev–Trinajstić information content (AvgIpc) is 3.38. The van der Waals surface area contributed by atoms with Crippen LogP contribution < -0.4 is 21.7 Å². The van der Waals surface area contributed by atoms with Crippen LogP contribution in [0, 0.1) is 22.7 Å². The van der Waals surface area contributed by atoms with Gasteiger partial charge >= 0.3 is 0 Å². The number of benzene rings is 1. The molecule has 6 N–H and O–H groups in total. The lowest BCUT2D eigenvalue weighted by Gasteiger charge is -2.31. The van der Waals surface area contributed by atoms with Crippen molar-refractivity contribution in [3.63, 3.8) is 0 Å². The largest absolute Gasteiger partial charge is 0.370 e. The van der Waals surface area contributed by atoms with E-state index in [-0.39, 0.29) is 24.8 Å². The SMILES string of the molecule is CC(C)C(NC(=O)c1ccc(C#N)cc1)C(=O)N1CCC[C@H]1C(=O)N[C@@H](CCCNC(=N)N)C(=O)CF. The van der Waals surface area contributed by atoms with Gasteiger partial charge in [-0.15, -0.1) is 0 Å². The second-order valence-corrected chi connectivity index (χ2v) is 9.22. The van der Waals surface area contributed by atoms with Gasteiger partial charge in [-0.3, -0.25) is 24.6 Å². The van der Waals surface area contributed by atoms with E-state index >= 15 is 0 Å². The molecule has 1 saturated heterocycles. The fourth-order valence-corrected chi connectivity index (χ4v) is 4.12. The van der Waals surface area contributed by atoms with Gasteiger partial charge in [0.1, 0.15) is 18.8 Å². The van der Waals surface area contributed by atoms with Gasteiger partial charge in [0.05, 0.1) is 17.7 Å². The number of nitrogens with zero attached hydrogens (tertiary/aromatic N) is 2. The smallest absolute Gasteiger partial charge is 0.251 e. The summed E-state index contributed by atoms with van der Waals surface area (Å²) < 4.78 is 13.1. The first kappa shape index (κ1) is 29.2. The summed E-state index contributed by atoms with van der Waals surface area (Å²) in [7, 11) is 0. The third-order valence-electron chi connectivity index (χ3n) is 6.16. The van der Waals surface area contributed by atoms with Crippen molar-refractivity contribution in [2.75, 3.05) is 19.8 Å². The number of nitrogens with one attached hydrogen (secondary N) is 4. The van der Waals surface area contributed by atoms with E-state index in [1.54, 1.807) is 13.8 Å². The van der Waals surface area contributed by atoms with E-state index in [0.29, 0.717) is 36.9 Å². The van der Waals surface area contributed by atoms with Crippen molar-refractivity contribution in [1.29, 1.82) is 10.7 Å². The topological polar surface area (TPSA) is 181 Å². The second kappa shape index (κ2) is 13.9. The van der Waals surface area contributed by atoms with E-state index in [4.69, 9.17) is 16.4 Å². The Hall–Kier alpha value is -4.01. The summed E-state index contributed by atoms with van der Waals surface area (Å²) in [6.45, 7) is 2.90. The molecular weight excluding hydrogens is 481 g/mol. The van der Waals surface area contributed by atoms with Crippen molar-refractivity contribution < 1.29 is 23.6 Å². The lowest BCUT2D eigenvalue weighted by Crippen LogP contribution is -2.56. The molecule has 3 amide bonds. The molecule has 1 aromatic carbocycles. The zero-order chi connectivity index (χ0) is 27.5. The predicted molar refractivity (Wildman–Crippen MR) is 134 cm³/mol. The Morgan fingerprint density at radius 1 is 1.22 bits per heavy atom. The molecule has 3 atom stereocenters. The van der Waals surface area contributed by atoms with E-state index in [0.717, 1.165) is 0 Å². The molecular formula is C25H34FN7O4. The van der Waals surface area contributed by atoms with Gasteiger partial charge in [-0.1, -0.05) is 13.8 Å². The van der Waals surface area contributed by atoms with Gasteiger partial charge in [0.25, 0.3) is 5.91 Å². The molecule has 200 valence electrons. The fourth-order valence-electron chi connectivity index (χ4n) is 4.12. The Bertz CT molecular complexity index is 1040. The number of alkyl halides is 1. The first-order chi connectivity index (χ1) is 17.6. The molecule has 0 aromatic heterocycles. The zero-order valence-corrected chi connectivity index (χ0v) is 21.1. The van der Waals surface area contributed by atoms with E-state index in [1.807, 2.05) is 6.07 Å². The molecule has 1 aliphatic heterocycles. The number of hydrogen-bond acceptors (Lipinski definition) is 6. The first-order valence-electron chi connectivity index (χ1n) is 12.2. The van der Waals surface area contributed by atoms with Crippen LogP contribution in [0.2, 0.25) is 0 Å². The van der Waals surface area contributed by atoms with E-state index < -0.39 is 48.3 Å². The summed E-state index contributed by atoms with van der Waals surface area (Å²) in [5.41, 5.74) is 5.92. The monoisotopic (exact) mass is 515 g/mol. The van der Waals surface area contributed by atoms with Gasteiger partial charge in [0.15, 0.2) is 11.7 Å². The standard InChI is InChI=1S/C25H34FN7O4/c1-15(2)21(32-22(35)17-9-7-16(14-27)8-10-17)24(37)33-12-4-6-19(33)23(36)31-18(20(34)13-26)5-3-11-30-25(28)29/h7-10,15,18-19,21H,3-6,11-13H2,1-2H3,(H,31,36)(H,32,35)(H4,28,29,30)/t18-,19-,21?/m0/s1. The quantitative estimate of drug-likeness (QED) is 0.153. The number of nitrogens with two attached hydrogens (primary N) is 1. The summed E-state index contributed by atoms with van der Waals surface area (Å²) in [5, 5.41) is 24.0. The van der Waals surface area contributed by atoms with E-state index in [9.17, 15) is 23.6 Å². The summed E-state index contributed by atoms with van der Waals surface area (Å²) in [6.07, 6.45) is 1.43. The Balaban J connectivity index is 2.09. The van der Waals surface area contributed by atoms with Gasteiger partial charge in [0.2, 0.25) is 11.8 Å². The third kappa shape index (κ3) is 8.27. The number of ketones is 1. The van der Waals surface area contributed by atoms with Gasteiger partial charge in [0, 0.05) is 18.7 Å². The maximum Gasteiger partial charge on any atom is 0.251 e. The molecule has 37 heavy (non-hydrogen) atoms. The Labute approximate surface area is 215 Å². The Morgan fingerprint density at radius 2 is 1.89 bits per heavy atom. The predicted octanol–water partition coefficient (Wildman–Crippen LogP) is 0.590. The number of halogens is 1. The maximum atomic E-state index is 13.4. The molecule has 0 radical (unpaired) electrons. The zero-order valence-electron chi connectivity index (χ0n) is 21.1. The highest BCUT2D eigenvalue weighted by Crippen LogP contribution is 2.21. The normalized spacial score (nSPS) is 16.4. The highest BCUT2D eigenvalue weighted by atomic mass is 19.1. The van der Waals surface area contributed by atoms with Crippen LogP contribution in [0.15, 0.2) is 24.3 Å². The van der Waals surface area contributed by atoms with Crippen molar-refractivity contribution in [2.24, 2.45) is 11.7 Å². The fraction of sp³-hybridized carbons (Fsp3) is 0.520. The van der Waals surface area contributed by atoms with Crippen LogP contribution in [0.25, 0.3) is 0 Å². The Morgan fingerprint density at radius 3 is 2.46 bits per heavy atom. The molecule has 0 bridgehead atoms. The molecule has 12 heteroatoms. The maximum absolute atomic E-state index is 13.4. The van der Waals surface area contributed by atoms with Crippen LogP contribution >= 0.6 is 0 Å². The number of Topliss-reactive ketones (excluding diaryl/α,β-unsaturated/α-hetero) is 1. The first-order valence-corrected chi connectivity index (χ1v) is 12.2. The minimum atomic E-state index is -1.24. The summed E-state index contributed by atoms with van der Waals surface area (Å²) in [5.74, 6) is -2.75. The minimum Gasteiger partial charge on any atom is -0.370 e. The number of likely N-dealkylation sites (tertiary alicyclic amines) is 1. The number of nitriles is 1. The summed E-state index contributed by atoms with van der Waals surface area (Å²) in [6, 6.07) is 5.15. The van der Waals surface area contributed by atoms with Crippen molar-refractivity contribution in [1.82, 2.24) is 20.9 Å². The molecule has 2 rings (SSSR count). The van der Waals surface area contributed by atoms with Crippen LogP contribution in [0.4, 0.5) is 4.39 Å².